The Morgan fingerprint density at radius 2 is 2.18 bits per heavy atom. The van der Waals surface area contributed by atoms with Crippen LogP contribution in [0.5, 0.6) is 0 Å². The van der Waals surface area contributed by atoms with Crippen LogP contribution in [0.25, 0.3) is 0 Å². The highest BCUT2D eigenvalue weighted by molar-refractivity contribution is 6.09. The summed E-state index contributed by atoms with van der Waals surface area (Å²) in [5.41, 5.74) is 5.72. The smallest absolute Gasteiger partial charge is 0.269 e. The molecule has 9 nitrogen and oxygen atoms in total. The van der Waals surface area contributed by atoms with E-state index in [1.807, 2.05) is 0 Å². The van der Waals surface area contributed by atoms with Gasteiger partial charge in [0.25, 0.3) is 5.69 Å². The van der Waals surface area contributed by atoms with Crippen LogP contribution in [-0.4, -0.2) is 28.7 Å². The molecule has 0 fully saturated rings. The normalized spacial score (nSPS) is 17.2. The van der Waals surface area contributed by atoms with Crippen LogP contribution in [0.3, 0.4) is 0 Å². The number of nitro benzene ring substituents is 1. The summed E-state index contributed by atoms with van der Waals surface area (Å²) >= 11 is 0. The lowest BCUT2D eigenvalue weighted by molar-refractivity contribution is -0.384. The van der Waals surface area contributed by atoms with Gasteiger partial charge in [-0.1, -0.05) is 0 Å². The molecular weight excluding hydrogens is 290 g/mol. The third kappa shape index (κ3) is 3.72. The van der Waals surface area contributed by atoms with Crippen molar-refractivity contribution in [2.45, 2.75) is 13.3 Å². The molecule has 2 rings (SSSR count). The fraction of sp³-hybridized carbons (Fsp3) is 0.231. The lowest BCUT2D eigenvalue weighted by Crippen LogP contribution is -2.29. The molecule has 9 heteroatoms. The lowest BCUT2D eigenvalue weighted by Gasteiger charge is -2.05. The number of non-ortho nitro benzene ring substituents is 1. The predicted octanol–water partition coefficient (Wildman–Crippen LogP) is 0.557. The third-order valence-electron chi connectivity index (χ3n) is 3.06. The van der Waals surface area contributed by atoms with Crippen molar-refractivity contribution in [3.63, 3.8) is 0 Å². The maximum atomic E-state index is 11.7. The monoisotopic (exact) mass is 303 g/mol. The number of nitro groups is 1. The molecule has 0 bridgehead atoms. The van der Waals surface area contributed by atoms with Crippen molar-refractivity contribution in [2.24, 2.45) is 16.1 Å². The van der Waals surface area contributed by atoms with E-state index in [1.54, 1.807) is 6.92 Å². The van der Waals surface area contributed by atoms with Crippen LogP contribution in [0.15, 0.2) is 34.5 Å². The lowest BCUT2D eigenvalue weighted by atomic mass is 10.0. The molecule has 114 valence electrons. The van der Waals surface area contributed by atoms with Gasteiger partial charge >= 0.3 is 0 Å². The van der Waals surface area contributed by atoms with Crippen molar-refractivity contribution in [1.29, 1.82) is 0 Å². The van der Waals surface area contributed by atoms with E-state index in [1.165, 1.54) is 30.5 Å². The number of carbonyl (C=O) groups excluding carboxylic acids is 2. The summed E-state index contributed by atoms with van der Waals surface area (Å²) in [7, 11) is 0. The fourth-order valence-corrected chi connectivity index (χ4v) is 1.82. The van der Waals surface area contributed by atoms with Crippen LogP contribution >= 0.6 is 0 Å². The van der Waals surface area contributed by atoms with Gasteiger partial charge in [-0.2, -0.15) is 10.2 Å². The highest BCUT2D eigenvalue weighted by Gasteiger charge is 2.28. The molecule has 1 aliphatic rings. The Morgan fingerprint density at radius 3 is 2.73 bits per heavy atom. The minimum Gasteiger partial charge on any atom is -0.273 e. The number of hydrazone groups is 2. The average molecular weight is 303 g/mol. The number of hydrogen-bond acceptors (Lipinski definition) is 6. The maximum absolute atomic E-state index is 11.7. The van der Waals surface area contributed by atoms with Crippen molar-refractivity contribution in [1.82, 2.24) is 10.9 Å². The van der Waals surface area contributed by atoms with Crippen molar-refractivity contribution in [3.05, 3.63) is 39.9 Å². The average Bonchev–Trinajstić information content (AvgIpc) is 2.79. The van der Waals surface area contributed by atoms with Crippen LogP contribution in [0.2, 0.25) is 0 Å². The van der Waals surface area contributed by atoms with Crippen molar-refractivity contribution >= 4 is 29.4 Å². The minimum absolute atomic E-state index is 0.0248. The third-order valence-corrected chi connectivity index (χ3v) is 3.06. The first-order valence-electron chi connectivity index (χ1n) is 6.38. The minimum atomic E-state index is -0.574. The van der Waals surface area contributed by atoms with Crippen molar-refractivity contribution in [3.8, 4) is 0 Å². The van der Waals surface area contributed by atoms with E-state index in [4.69, 9.17) is 0 Å². The van der Waals surface area contributed by atoms with Gasteiger partial charge in [-0.3, -0.25) is 19.7 Å². The van der Waals surface area contributed by atoms with Gasteiger partial charge in [0, 0.05) is 24.3 Å². The summed E-state index contributed by atoms with van der Waals surface area (Å²) in [5, 5.41) is 18.0. The Balaban J connectivity index is 1.86. The Kier molecular flexibility index (Phi) is 4.57. The molecular formula is C13H13N5O4. The van der Waals surface area contributed by atoms with Gasteiger partial charge in [0.15, 0.2) is 0 Å². The molecule has 2 N–H and O–H groups in total. The zero-order chi connectivity index (χ0) is 16.1. The summed E-state index contributed by atoms with van der Waals surface area (Å²) in [5.74, 6) is -1.31. The number of amides is 2. The molecule has 1 heterocycles. The van der Waals surface area contributed by atoms with E-state index < -0.39 is 16.7 Å². The second-order valence-corrected chi connectivity index (χ2v) is 4.63. The molecule has 1 atom stereocenters. The first-order chi connectivity index (χ1) is 10.5. The fourth-order valence-electron chi connectivity index (χ4n) is 1.82. The number of benzene rings is 1. The number of nitrogens with zero attached hydrogens (tertiary/aromatic N) is 3. The van der Waals surface area contributed by atoms with Crippen LogP contribution in [0, 0.1) is 16.0 Å². The van der Waals surface area contributed by atoms with Gasteiger partial charge in [0.1, 0.15) is 0 Å². The summed E-state index contributed by atoms with van der Waals surface area (Å²) in [4.78, 5) is 33.1. The molecule has 0 aliphatic carbocycles. The van der Waals surface area contributed by atoms with Gasteiger partial charge in [-0.15, -0.1) is 0 Å². The predicted molar refractivity (Wildman–Crippen MR) is 78.2 cm³/mol. The van der Waals surface area contributed by atoms with Crippen LogP contribution < -0.4 is 10.9 Å². The van der Waals surface area contributed by atoms with Gasteiger partial charge < -0.3 is 0 Å². The molecule has 1 aromatic rings. The van der Waals surface area contributed by atoms with Crippen molar-refractivity contribution in [2.75, 3.05) is 0 Å². The van der Waals surface area contributed by atoms with Gasteiger partial charge in [-0.25, -0.2) is 10.9 Å². The molecule has 0 aromatic heterocycles. The first kappa shape index (κ1) is 15.3. The quantitative estimate of drug-likeness (QED) is 0.468. The van der Waals surface area contributed by atoms with E-state index in [2.05, 4.69) is 21.1 Å². The van der Waals surface area contributed by atoms with Crippen molar-refractivity contribution < 1.29 is 14.5 Å². The maximum Gasteiger partial charge on any atom is 0.269 e. The summed E-state index contributed by atoms with van der Waals surface area (Å²) in [6.45, 7) is 1.66. The molecule has 0 radical (unpaired) electrons. The van der Waals surface area contributed by atoms with E-state index in [0.29, 0.717) is 11.3 Å². The molecule has 0 spiro atoms. The van der Waals surface area contributed by atoms with Crippen LogP contribution in [-0.2, 0) is 9.59 Å². The Labute approximate surface area is 125 Å². The summed E-state index contributed by atoms with van der Waals surface area (Å²) < 4.78 is 0. The van der Waals surface area contributed by atoms with E-state index in [-0.39, 0.29) is 18.0 Å². The number of carbonyl (C=O) groups is 2. The highest BCUT2D eigenvalue weighted by Crippen LogP contribution is 2.12. The highest BCUT2D eigenvalue weighted by atomic mass is 16.6. The zero-order valence-corrected chi connectivity index (χ0v) is 11.6. The second-order valence-electron chi connectivity index (χ2n) is 4.63. The molecule has 1 aliphatic heterocycles. The molecule has 1 unspecified atom stereocenters. The van der Waals surface area contributed by atoms with E-state index >= 15 is 0 Å². The molecule has 0 saturated carbocycles. The first-order valence-corrected chi connectivity index (χ1v) is 6.38. The second kappa shape index (κ2) is 6.57. The topological polar surface area (TPSA) is 126 Å². The Morgan fingerprint density at radius 1 is 1.50 bits per heavy atom. The Bertz CT molecular complexity index is 666. The SMILES string of the molecule is CC1=NNC(=O)C1CC(=O)N/N=C/c1ccc([N+](=O)[O-])cc1. The molecule has 1 aromatic carbocycles. The van der Waals surface area contributed by atoms with Crippen LogP contribution in [0.1, 0.15) is 18.9 Å². The Hall–Kier alpha value is -3.10. The number of nitrogens with one attached hydrogen (secondary N) is 2. The van der Waals surface area contributed by atoms with Gasteiger partial charge in [0.2, 0.25) is 11.8 Å². The van der Waals surface area contributed by atoms with E-state index in [0.717, 1.165) is 0 Å². The standard InChI is InChI=1S/C13H13N5O4/c1-8-11(13(20)17-15-8)6-12(19)16-14-7-9-2-4-10(5-3-9)18(21)22/h2-5,7,11H,6H2,1H3,(H,16,19)(H,17,20)/b14-7+. The zero-order valence-electron chi connectivity index (χ0n) is 11.6. The number of rotatable bonds is 5. The molecule has 0 saturated heterocycles. The van der Waals surface area contributed by atoms with Gasteiger partial charge in [0.05, 0.1) is 17.1 Å². The molecule has 22 heavy (non-hydrogen) atoms. The summed E-state index contributed by atoms with van der Waals surface area (Å²) in [6, 6.07) is 5.70. The van der Waals surface area contributed by atoms with Crippen LogP contribution in [0.4, 0.5) is 5.69 Å². The van der Waals surface area contributed by atoms with E-state index in [9.17, 15) is 19.7 Å². The molecule has 2 amide bonds. The summed E-state index contributed by atoms with van der Waals surface area (Å²) in [6.07, 6.45) is 1.32. The van der Waals surface area contributed by atoms with Gasteiger partial charge in [-0.05, 0) is 24.6 Å². The largest absolute Gasteiger partial charge is 0.273 e. The number of hydrogen-bond donors (Lipinski definition) is 2.